The average Bonchev–Trinajstić information content (AvgIpc) is 2.54. The van der Waals surface area contributed by atoms with E-state index in [0.717, 1.165) is 12.8 Å². The maximum absolute atomic E-state index is 12.7. The first-order valence-electron chi connectivity index (χ1n) is 7.05. The number of nitrogens with two attached hydrogens (primary N) is 1. The zero-order valence-electron chi connectivity index (χ0n) is 12.7. The van der Waals surface area contributed by atoms with Gasteiger partial charge in [0.05, 0.1) is 17.6 Å². The molecular formula is C14H21N3O4S. The summed E-state index contributed by atoms with van der Waals surface area (Å²) < 4.78 is 31.8. The standard InChI is InChI=1S/C14H21N3O4S/c1-16-10-5-7-17(8-6-10)22(19,20)11-3-4-13(21-2)12(9-11)14(15)18/h3-4,9-10,16H,5-8H2,1-2H3,(H2,15,18). The fourth-order valence-electron chi connectivity index (χ4n) is 2.57. The van der Waals surface area contributed by atoms with E-state index in [1.54, 1.807) is 0 Å². The first-order valence-corrected chi connectivity index (χ1v) is 8.49. The Balaban J connectivity index is 2.30. The third kappa shape index (κ3) is 3.23. The number of primary amides is 1. The van der Waals surface area contributed by atoms with Crippen molar-refractivity contribution in [2.45, 2.75) is 23.8 Å². The van der Waals surface area contributed by atoms with Gasteiger partial charge in [0.2, 0.25) is 10.0 Å². The molecule has 122 valence electrons. The third-order valence-electron chi connectivity index (χ3n) is 3.94. The summed E-state index contributed by atoms with van der Waals surface area (Å²) in [5, 5.41) is 3.16. The topological polar surface area (TPSA) is 102 Å². The summed E-state index contributed by atoms with van der Waals surface area (Å²) in [5.74, 6) is -0.455. The number of ether oxygens (including phenoxy) is 1. The van der Waals surface area contributed by atoms with Gasteiger partial charge in [0, 0.05) is 19.1 Å². The molecule has 1 aliphatic heterocycles. The summed E-state index contributed by atoms with van der Waals surface area (Å²) in [6, 6.07) is 4.50. The number of nitrogens with one attached hydrogen (secondary N) is 1. The van der Waals surface area contributed by atoms with Gasteiger partial charge in [-0.25, -0.2) is 8.42 Å². The monoisotopic (exact) mass is 327 g/mol. The molecule has 0 saturated carbocycles. The smallest absolute Gasteiger partial charge is 0.252 e. The molecule has 3 N–H and O–H groups in total. The molecule has 22 heavy (non-hydrogen) atoms. The van der Waals surface area contributed by atoms with Crippen LogP contribution < -0.4 is 15.8 Å². The van der Waals surface area contributed by atoms with E-state index in [2.05, 4.69) is 5.32 Å². The number of hydrogen-bond acceptors (Lipinski definition) is 5. The highest BCUT2D eigenvalue weighted by molar-refractivity contribution is 7.89. The van der Waals surface area contributed by atoms with Crippen LogP contribution in [0.5, 0.6) is 5.75 Å². The molecule has 0 spiro atoms. The molecule has 0 unspecified atom stereocenters. The van der Waals surface area contributed by atoms with Crippen LogP contribution in [0.25, 0.3) is 0 Å². The number of benzene rings is 1. The predicted octanol–water partition coefficient (Wildman–Crippen LogP) is 0.167. The zero-order valence-corrected chi connectivity index (χ0v) is 13.5. The highest BCUT2D eigenvalue weighted by Crippen LogP contribution is 2.26. The van der Waals surface area contributed by atoms with Crippen molar-refractivity contribution in [3.05, 3.63) is 23.8 Å². The second kappa shape index (κ2) is 6.64. The Morgan fingerprint density at radius 3 is 2.50 bits per heavy atom. The Morgan fingerprint density at radius 1 is 1.36 bits per heavy atom. The van der Waals surface area contributed by atoms with Gasteiger partial charge in [0.15, 0.2) is 0 Å². The van der Waals surface area contributed by atoms with Gasteiger partial charge in [0.25, 0.3) is 5.91 Å². The lowest BCUT2D eigenvalue weighted by atomic mass is 10.1. The number of amides is 1. The summed E-state index contributed by atoms with van der Waals surface area (Å²) in [7, 11) is -0.359. The summed E-state index contributed by atoms with van der Waals surface area (Å²) in [6.45, 7) is 0.900. The number of carbonyl (C=O) groups is 1. The van der Waals surface area contributed by atoms with E-state index in [0.29, 0.717) is 19.1 Å². The minimum Gasteiger partial charge on any atom is -0.496 e. The minimum absolute atomic E-state index is 0.0602. The summed E-state index contributed by atoms with van der Waals surface area (Å²) in [4.78, 5) is 11.5. The van der Waals surface area contributed by atoms with Crippen LogP contribution in [0, 0.1) is 0 Å². The lowest BCUT2D eigenvalue weighted by molar-refractivity contribution is 0.0997. The molecule has 2 rings (SSSR count). The Labute approximate surface area is 130 Å². The van der Waals surface area contributed by atoms with Gasteiger partial charge in [-0.2, -0.15) is 4.31 Å². The lowest BCUT2D eigenvalue weighted by Gasteiger charge is -2.31. The van der Waals surface area contributed by atoms with E-state index in [-0.39, 0.29) is 16.2 Å². The van der Waals surface area contributed by atoms with Crippen LogP contribution in [0.3, 0.4) is 0 Å². The molecule has 8 heteroatoms. The largest absolute Gasteiger partial charge is 0.496 e. The molecule has 0 atom stereocenters. The molecule has 0 aliphatic carbocycles. The van der Waals surface area contributed by atoms with Gasteiger partial charge in [0.1, 0.15) is 5.75 Å². The van der Waals surface area contributed by atoms with Crippen molar-refractivity contribution in [1.82, 2.24) is 9.62 Å². The predicted molar refractivity (Wildman–Crippen MR) is 82.4 cm³/mol. The van der Waals surface area contributed by atoms with Gasteiger partial charge >= 0.3 is 0 Å². The van der Waals surface area contributed by atoms with Crippen molar-refractivity contribution in [2.75, 3.05) is 27.2 Å². The van der Waals surface area contributed by atoms with E-state index in [9.17, 15) is 13.2 Å². The zero-order chi connectivity index (χ0) is 16.3. The van der Waals surface area contributed by atoms with Gasteiger partial charge in [-0.15, -0.1) is 0 Å². The van der Waals surface area contributed by atoms with Crippen LogP contribution in [0.15, 0.2) is 23.1 Å². The molecule has 0 bridgehead atoms. The van der Waals surface area contributed by atoms with Gasteiger partial charge in [-0.3, -0.25) is 4.79 Å². The molecule has 1 amide bonds. The number of hydrogen-bond donors (Lipinski definition) is 2. The van der Waals surface area contributed by atoms with Crippen LogP contribution in [0.2, 0.25) is 0 Å². The summed E-state index contributed by atoms with van der Waals surface area (Å²) in [6.07, 6.45) is 1.52. The Morgan fingerprint density at radius 2 is 2.00 bits per heavy atom. The number of sulfonamides is 1. The molecule has 1 aromatic rings. The van der Waals surface area contributed by atoms with Crippen molar-refractivity contribution in [1.29, 1.82) is 0 Å². The molecule has 0 aromatic heterocycles. The molecule has 1 heterocycles. The van der Waals surface area contributed by atoms with Gasteiger partial charge in [-0.05, 0) is 38.1 Å². The molecule has 1 fully saturated rings. The Hall–Kier alpha value is -1.64. The second-order valence-electron chi connectivity index (χ2n) is 5.19. The van der Waals surface area contributed by atoms with E-state index in [1.807, 2.05) is 7.05 Å². The molecule has 1 aliphatic rings. The van der Waals surface area contributed by atoms with Crippen molar-refractivity contribution in [3.63, 3.8) is 0 Å². The quantitative estimate of drug-likeness (QED) is 0.802. The molecule has 0 radical (unpaired) electrons. The number of carbonyl (C=O) groups excluding carboxylic acids is 1. The number of methoxy groups -OCH3 is 1. The molecule has 7 nitrogen and oxygen atoms in total. The van der Waals surface area contributed by atoms with E-state index in [1.165, 1.54) is 29.6 Å². The third-order valence-corrected chi connectivity index (χ3v) is 5.83. The van der Waals surface area contributed by atoms with Crippen molar-refractivity contribution in [2.24, 2.45) is 5.73 Å². The fourth-order valence-corrected chi connectivity index (χ4v) is 4.07. The Bertz CT molecular complexity index is 652. The van der Waals surface area contributed by atoms with Crippen molar-refractivity contribution in [3.8, 4) is 5.75 Å². The van der Waals surface area contributed by atoms with Crippen LogP contribution in [0.4, 0.5) is 0 Å². The molecule has 1 aromatic carbocycles. The van der Waals surface area contributed by atoms with Gasteiger partial charge < -0.3 is 15.8 Å². The first-order chi connectivity index (χ1) is 10.4. The summed E-state index contributed by atoms with van der Waals surface area (Å²) >= 11 is 0. The van der Waals surface area contributed by atoms with Gasteiger partial charge in [-0.1, -0.05) is 0 Å². The SMILES string of the molecule is CNC1CCN(S(=O)(=O)c2ccc(OC)c(C(N)=O)c2)CC1. The van der Waals surface area contributed by atoms with E-state index >= 15 is 0 Å². The second-order valence-corrected chi connectivity index (χ2v) is 7.13. The highest BCUT2D eigenvalue weighted by atomic mass is 32.2. The van der Waals surface area contributed by atoms with Crippen LogP contribution in [0.1, 0.15) is 23.2 Å². The molecular weight excluding hydrogens is 306 g/mol. The number of nitrogens with zero attached hydrogens (tertiary/aromatic N) is 1. The average molecular weight is 327 g/mol. The fraction of sp³-hybridized carbons (Fsp3) is 0.500. The lowest BCUT2D eigenvalue weighted by Crippen LogP contribution is -2.43. The van der Waals surface area contributed by atoms with Crippen molar-refractivity contribution >= 4 is 15.9 Å². The Kier molecular flexibility index (Phi) is 5.05. The number of rotatable bonds is 5. The summed E-state index contributed by atoms with van der Waals surface area (Å²) in [5.41, 5.74) is 5.34. The normalized spacial score (nSPS) is 17.4. The van der Waals surface area contributed by atoms with E-state index in [4.69, 9.17) is 10.5 Å². The van der Waals surface area contributed by atoms with Crippen LogP contribution >= 0.6 is 0 Å². The first kappa shape index (κ1) is 16.7. The minimum atomic E-state index is -3.63. The highest BCUT2D eigenvalue weighted by Gasteiger charge is 2.29. The van der Waals surface area contributed by atoms with E-state index < -0.39 is 15.9 Å². The van der Waals surface area contributed by atoms with Crippen LogP contribution in [-0.2, 0) is 10.0 Å². The maximum Gasteiger partial charge on any atom is 0.252 e. The van der Waals surface area contributed by atoms with Crippen LogP contribution in [-0.4, -0.2) is 51.9 Å². The number of piperidine rings is 1. The van der Waals surface area contributed by atoms with Crippen molar-refractivity contribution < 1.29 is 17.9 Å². The maximum atomic E-state index is 12.7. The molecule has 1 saturated heterocycles.